The number of ether oxygens (including phenoxy) is 1. The molecule has 0 radical (unpaired) electrons. The van der Waals surface area contributed by atoms with Gasteiger partial charge in [0.15, 0.2) is 0 Å². The Bertz CT molecular complexity index is 596. The van der Waals surface area contributed by atoms with Gasteiger partial charge >= 0.3 is 6.09 Å². The van der Waals surface area contributed by atoms with E-state index in [1.54, 1.807) is 4.90 Å². The third-order valence-electron chi connectivity index (χ3n) is 5.17. The Kier molecular flexibility index (Phi) is 6.52. The molecule has 7 heteroatoms. The van der Waals surface area contributed by atoms with Gasteiger partial charge in [-0.25, -0.2) is 9.78 Å². The van der Waals surface area contributed by atoms with Crippen LogP contribution in [0.3, 0.4) is 0 Å². The summed E-state index contributed by atoms with van der Waals surface area (Å²) >= 11 is 0. The van der Waals surface area contributed by atoms with E-state index in [-0.39, 0.29) is 6.09 Å². The number of hydrogen-bond donors (Lipinski definition) is 2. The van der Waals surface area contributed by atoms with Crippen molar-refractivity contribution in [3.05, 3.63) is 11.8 Å². The van der Waals surface area contributed by atoms with Gasteiger partial charge in [0, 0.05) is 36.9 Å². The second-order valence-corrected chi connectivity index (χ2v) is 7.30. The van der Waals surface area contributed by atoms with Gasteiger partial charge in [0.2, 0.25) is 5.95 Å². The minimum absolute atomic E-state index is 0.206. The number of carbonyl (C=O) groups excluding carboxylic acids is 1. The molecule has 144 valence electrons. The minimum atomic E-state index is -0.206. The Hall–Kier alpha value is -2.05. The average molecular weight is 361 g/mol. The van der Waals surface area contributed by atoms with Crippen molar-refractivity contribution >= 4 is 17.9 Å². The zero-order valence-electron chi connectivity index (χ0n) is 16.0. The zero-order chi connectivity index (χ0) is 18.4. The highest BCUT2D eigenvalue weighted by molar-refractivity contribution is 5.67. The van der Waals surface area contributed by atoms with Crippen LogP contribution >= 0.6 is 0 Å². The van der Waals surface area contributed by atoms with Crippen molar-refractivity contribution in [1.82, 2.24) is 14.9 Å². The summed E-state index contributed by atoms with van der Waals surface area (Å²) in [6, 6.07) is 2.80. The molecule has 1 saturated heterocycles. The predicted octanol–water partition coefficient (Wildman–Crippen LogP) is 3.56. The summed E-state index contributed by atoms with van der Waals surface area (Å²) in [7, 11) is 0. The molecule has 2 fully saturated rings. The molecular formula is C19H31N5O2. The molecule has 2 N–H and O–H groups in total. The van der Waals surface area contributed by atoms with Gasteiger partial charge in [0.25, 0.3) is 0 Å². The highest BCUT2D eigenvalue weighted by Gasteiger charge is 2.24. The first-order valence-electron chi connectivity index (χ1n) is 9.94. The summed E-state index contributed by atoms with van der Waals surface area (Å²) in [6.07, 6.45) is 7.90. The monoisotopic (exact) mass is 361 g/mol. The van der Waals surface area contributed by atoms with Gasteiger partial charge in [-0.15, -0.1) is 0 Å². The predicted molar refractivity (Wildman–Crippen MR) is 103 cm³/mol. The summed E-state index contributed by atoms with van der Waals surface area (Å²) in [5.41, 5.74) is 0.963. The molecule has 0 atom stereocenters. The second-order valence-electron chi connectivity index (χ2n) is 7.30. The zero-order valence-corrected chi connectivity index (χ0v) is 16.0. The van der Waals surface area contributed by atoms with E-state index in [9.17, 15) is 4.79 Å². The van der Waals surface area contributed by atoms with Gasteiger partial charge in [-0.1, -0.05) is 19.3 Å². The van der Waals surface area contributed by atoms with Crippen molar-refractivity contribution in [3.63, 3.8) is 0 Å². The summed E-state index contributed by atoms with van der Waals surface area (Å²) in [6.45, 7) is 5.69. The van der Waals surface area contributed by atoms with Crippen LogP contribution in [-0.4, -0.2) is 52.7 Å². The number of hydrogen-bond acceptors (Lipinski definition) is 6. The first kappa shape index (κ1) is 18.7. The fourth-order valence-electron chi connectivity index (χ4n) is 3.77. The standard InChI is InChI=1S/C19H31N5O2/c1-3-26-19(25)24-11-9-16(10-12-24)21-17-13-14(2)20-18(23-17)22-15-7-5-4-6-8-15/h13,15-16H,3-12H2,1-2H3,(H2,20,21,22,23). The highest BCUT2D eigenvalue weighted by Crippen LogP contribution is 2.22. The molecule has 26 heavy (non-hydrogen) atoms. The van der Waals surface area contributed by atoms with Gasteiger partial charge in [-0.05, 0) is 39.5 Å². The number of aromatic nitrogens is 2. The molecule has 2 heterocycles. The molecule has 0 aromatic carbocycles. The van der Waals surface area contributed by atoms with Crippen LogP contribution in [0.2, 0.25) is 0 Å². The van der Waals surface area contributed by atoms with Crippen molar-refractivity contribution in [2.45, 2.75) is 70.9 Å². The molecule has 1 aromatic heterocycles. The number of nitrogens with zero attached hydrogens (tertiary/aromatic N) is 3. The van der Waals surface area contributed by atoms with E-state index in [1.165, 1.54) is 32.1 Å². The Morgan fingerprint density at radius 1 is 1.12 bits per heavy atom. The fraction of sp³-hybridized carbons (Fsp3) is 0.737. The SMILES string of the molecule is CCOC(=O)N1CCC(Nc2cc(C)nc(NC3CCCCC3)n2)CC1. The van der Waals surface area contributed by atoms with Crippen LogP contribution in [-0.2, 0) is 4.74 Å². The van der Waals surface area contributed by atoms with Crippen molar-refractivity contribution in [2.75, 3.05) is 30.3 Å². The first-order chi connectivity index (χ1) is 12.6. The molecule has 1 aliphatic carbocycles. The van der Waals surface area contributed by atoms with Gasteiger partial charge < -0.3 is 20.3 Å². The average Bonchev–Trinajstić information content (AvgIpc) is 2.63. The van der Waals surface area contributed by atoms with E-state index in [2.05, 4.69) is 20.6 Å². The van der Waals surface area contributed by atoms with Gasteiger partial charge in [-0.3, -0.25) is 0 Å². The van der Waals surface area contributed by atoms with E-state index in [0.29, 0.717) is 31.8 Å². The van der Waals surface area contributed by atoms with E-state index in [4.69, 9.17) is 4.74 Å². The van der Waals surface area contributed by atoms with E-state index in [0.717, 1.165) is 30.3 Å². The molecule has 1 aliphatic heterocycles. The van der Waals surface area contributed by atoms with E-state index in [1.807, 2.05) is 19.9 Å². The summed E-state index contributed by atoms with van der Waals surface area (Å²) < 4.78 is 5.08. The minimum Gasteiger partial charge on any atom is -0.450 e. The maximum absolute atomic E-state index is 11.8. The number of piperidine rings is 1. The van der Waals surface area contributed by atoms with E-state index < -0.39 is 0 Å². The summed E-state index contributed by atoms with van der Waals surface area (Å²) in [5, 5.41) is 7.02. The third-order valence-corrected chi connectivity index (χ3v) is 5.17. The van der Waals surface area contributed by atoms with Gasteiger partial charge in [0.05, 0.1) is 6.61 Å². The number of anilines is 2. The fourth-order valence-corrected chi connectivity index (χ4v) is 3.77. The number of carbonyl (C=O) groups is 1. The van der Waals surface area contributed by atoms with Crippen molar-refractivity contribution in [1.29, 1.82) is 0 Å². The quantitative estimate of drug-likeness (QED) is 0.835. The van der Waals surface area contributed by atoms with Gasteiger partial charge in [-0.2, -0.15) is 4.98 Å². The molecule has 1 amide bonds. The maximum Gasteiger partial charge on any atom is 0.409 e. The van der Waals surface area contributed by atoms with Crippen LogP contribution in [0.15, 0.2) is 6.07 Å². The molecule has 7 nitrogen and oxygen atoms in total. The van der Waals surface area contributed by atoms with Crippen LogP contribution in [0.4, 0.5) is 16.6 Å². The molecule has 1 aromatic rings. The van der Waals surface area contributed by atoms with Crippen molar-refractivity contribution in [3.8, 4) is 0 Å². The second kappa shape index (κ2) is 9.05. The van der Waals surface area contributed by atoms with Crippen molar-refractivity contribution < 1.29 is 9.53 Å². The van der Waals surface area contributed by atoms with Crippen LogP contribution in [0, 0.1) is 6.92 Å². The Labute approximate surface area is 155 Å². The van der Waals surface area contributed by atoms with Crippen molar-refractivity contribution in [2.24, 2.45) is 0 Å². The molecule has 0 bridgehead atoms. The Balaban J connectivity index is 1.54. The molecule has 1 saturated carbocycles. The normalized spacial score (nSPS) is 19.2. The molecule has 0 unspecified atom stereocenters. The lowest BCUT2D eigenvalue weighted by molar-refractivity contribution is 0.0983. The molecule has 0 spiro atoms. The van der Waals surface area contributed by atoms with Crippen LogP contribution in [0.1, 0.15) is 57.6 Å². The van der Waals surface area contributed by atoms with Crippen LogP contribution < -0.4 is 10.6 Å². The third kappa shape index (κ3) is 5.22. The topological polar surface area (TPSA) is 79.4 Å². The smallest absolute Gasteiger partial charge is 0.409 e. The molecular weight excluding hydrogens is 330 g/mol. The number of nitrogens with one attached hydrogen (secondary N) is 2. The Morgan fingerprint density at radius 3 is 2.50 bits per heavy atom. The Morgan fingerprint density at radius 2 is 1.81 bits per heavy atom. The molecule has 2 aliphatic rings. The highest BCUT2D eigenvalue weighted by atomic mass is 16.6. The van der Waals surface area contributed by atoms with Crippen LogP contribution in [0.5, 0.6) is 0 Å². The summed E-state index contributed by atoms with van der Waals surface area (Å²) in [5.74, 6) is 1.59. The largest absolute Gasteiger partial charge is 0.450 e. The number of rotatable bonds is 5. The maximum atomic E-state index is 11.8. The number of amides is 1. The lowest BCUT2D eigenvalue weighted by atomic mass is 9.96. The summed E-state index contributed by atoms with van der Waals surface area (Å²) in [4.78, 5) is 22.8. The lowest BCUT2D eigenvalue weighted by Gasteiger charge is -2.32. The van der Waals surface area contributed by atoms with Crippen LogP contribution in [0.25, 0.3) is 0 Å². The molecule has 3 rings (SSSR count). The lowest BCUT2D eigenvalue weighted by Crippen LogP contribution is -2.42. The van der Waals surface area contributed by atoms with Gasteiger partial charge in [0.1, 0.15) is 5.82 Å². The number of likely N-dealkylation sites (tertiary alicyclic amines) is 1. The van der Waals surface area contributed by atoms with E-state index >= 15 is 0 Å². The number of aryl methyl sites for hydroxylation is 1. The first-order valence-corrected chi connectivity index (χ1v) is 9.94.